The zero-order valence-electron chi connectivity index (χ0n) is 13.0. The molecule has 0 amide bonds. The summed E-state index contributed by atoms with van der Waals surface area (Å²) in [7, 11) is 0. The largest absolute Gasteiger partial charge is 0.325 e. The van der Waals surface area contributed by atoms with Crippen molar-refractivity contribution in [3.8, 4) is 0 Å². The molecule has 0 aliphatic heterocycles. The summed E-state index contributed by atoms with van der Waals surface area (Å²) >= 11 is 15.7. The maximum atomic E-state index is 6.36. The molecule has 0 saturated heterocycles. The number of hydrogen-bond acceptors (Lipinski definition) is 3. The van der Waals surface area contributed by atoms with Gasteiger partial charge in [0, 0.05) is 15.6 Å². The maximum Gasteiger partial charge on any atom is 0.0829 e. The average Bonchev–Trinajstić information content (AvgIpc) is 2.81. The molecule has 1 heterocycles. The first-order valence-electron chi connectivity index (χ1n) is 7.04. The normalized spacial score (nSPS) is 12.0. The van der Waals surface area contributed by atoms with Crippen LogP contribution in [0.4, 0.5) is 5.69 Å². The number of nitrogens with one attached hydrogen (secondary N) is 1. The van der Waals surface area contributed by atoms with E-state index >= 15 is 0 Å². The smallest absolute Gasteiger partial charge is 0.0829 e. The monoisotopic (exact) mass is 371 g/mol. The van der Waals surface area contributed by atoms with Crippen LogP contribution >= 0.6 is 46.5 Å². The van der Waals surface area contributed by atoms with Crippen LogP contribution in [-0.2, 0) is 0 Å². The Hall–Kier alpha value is -0.610. The maximum absolute atomic E-state index is 6.36. The molecule has 118 valence electrons. The number of hydrogen-bond donors (Lipinski definition) is 1. The van der Waals surface area contributed by atoms with Crippen molar-refractivity contribution in [3.05, 3.63) is 50.8 Å². The molecule has 0 fully saturated rings. The van der Waals surface area contributed by atoms with E-state index in [1.54, 1.807) is 23.3 Å². The van der Waals surface area contributed by atoms with Crippen LogP contribution in [0, 0.1) is 12.8 Å². The average molecular weight is 372 g/mol. The molecular formula is C17H19Cl2NS2. The molecule has 0 saturated carbocycles. The number of rotatable bonds is 5. The van der Waals surface area contributed by atoms with Gasteiger partial charge < -0.3 is 4.72 Å². The zero-order chi connectivity index (χ0) is 16.3. The molecule has 0 unspecified atom stereocenters. The van der Waals surface area contributed by atoms with Crippen LogP contribution in [0.1, 0.15) is 31.2 Å². The van der Waals surface area contributed by atoms with Gasteiger partial charge in [0.15, 0.2) is 0 Å². The molecule has 0 bridgehead atoms. The van der Waals surface area contributed by atoms with Gasteiger partial charge in [-0.2, -0.15) is 0 Å². The van der Waals surface area contributed by atoms with E-state index in [4.69, 9.17) is 23.2 Å². The second kappa shape index (κ2) is 7.78. The number of aryl methyl sites for hydroxylation is 1. The number of benzene rings is 1. The number of halogens is 2. The van der Waals surface area contributed by atoms with Crippen LogP contribution in [-0.4, -0.2) is 0 Å². The minimum Gasteiger partial charge on any atom is -0.325 e. The van der Waals surface area contributed by atoms with Gasteiger partial charge >= 0.3 is 0 Å². The lowest BCUT2D eigenvalue weighted by Gasteiger charge is -2.05. The summed E-state index contributed by atoms with van der Waals surface area (Å²) in [5, 5.41) is 1.60. The van der Waals surface area contributed by atoms with Gasteiger partial charge in [0.1, 0.15) is 0 Å². The van der Waals surface area contributed by atoms with Crippen molar-refractivity contribution < 1.29 is 0 Å². The summed E-state index contributed by atoms with van der Waals surface area (Å²) in [6, 6.07) is 7.93. The molecule has 1 N–H and O–H groups in total. The zero-order valence-corrected chi connectivity index (χ0v) is 16.2. The van der Waals surface area contributed by atoms with Crippen molar-refractivity contribution in [1.82, 2.24) is 0 Å². The third-order valence-corrected chi connectivity index (χ3v) is 6.09. The Morgan fingerprint density at radius 2 is 1.95 bits per heavy atom. The predicted molar refractivity (Wildman–Crippen MR) is 103 cm³/mol. The molecule has 2 rings (SSSR count). The second-order valence-electron chi connectivity index (χ2n) is 5.50. The highest BCUT2D eigenvalue weighted by atomic mass is 35.5. The van der Waals surface area contributed by atoms with Crippen molar-refractivity contribution in [2.45, 2.75) is 31.9 Å². The highest BCUT2D eigenvalue weighted by molar-refractivity contribution is 8.02. The van der Waals surface area contributed by atoms with Crippen LogP contribution in [0.5, 0.6) is 0 Å². The van der Waals surface area contributed by atoms with E-state index in [1.165, 1.54) is 5.57 Å². The fraction of sp³-hybridized carbons (Fsp3) is 0.294. The van der Waals surface area contributed by atoms with E-state index in [9.17, 15) is 0 Å². The van der Waals surface area contributed by atoms with E-state index in [0.717, 1.165) is 30.4 Å². The van der Waals surface area contributed by atoms with Gasteiger partial charge in [-0.05, 0) is 67.1 Å². The Bertz CT molecular complexity index is 690. The van der Waals surface area contributed by atoms with Gasteiger partial charge in [0.25, 0.3) is 0 Å². The minimum absolute atomic E-state index is 0.518. The van der Waals surface area contributed by atoms with Crippen LogP contribution in [0.25, 0.3) is 5.57 Å². The van der Waals surface area contributed by atoms with E-state index in [-0.39, 0.29) is 0 Å². The lowest BCUT2D eigenvalue weighted by molar-refractivity contribution is 0.833. The molecule has 0 atom stereocenters. The summed E-state index contributed by atoms with van der Waals surface area (Å²) in [6.07, 6.45) is 2.24. The second-order valence-corrected chi connectivity index (χ2v) is 8.48. The highest BCUT2D eigenvalue weighted by Crippen LogP contribution is 2.38. The Kier molecular flexibility index (Phi) is 6.27. The molecule has 2 aromatic rings. The summed E-state index contributed by atoms with van der Waals surface area (Å²) in [4.78, 5) is 1.15. The summed E-state index contributed by atoms with van der Waals surface area (Å²) in [6.45, 7) is 8.46. The summed E-state index contributed by atoms with van der Waals surface area (Å²) in [5.74, 6) is 0.518. The Morgan fingerprint density at radius 1 is 1.23 bits per heavy atom. The third kappa shape index (κ3) is 4.69. The molecule has 22 heavy (non-hydrogen) atoms. The van der Waals surface area contributed by atoms with Gasteiger partial charge in [0.05, 0.1) is 9.23 Å². The standard InChI is InChI=1S/C17H19Cl2NS2/c1-10(2)7-12(4)17-15(19)9-16(21-17)22-20-13-5-6-14(18)11(3)8-13/h5-10,20H,1-4H3/b12-7+. The predicted octanol–water partition coefficient (Wildman–Crippen LogP) is 7.54. The van der Waals surface area contributed by atoms with Crippen LogP contribution in [0.2, 0.25) is 10.0 Å². The van der Waals surface area contributed by atoms with Gasteiger partial charge in [-0.25, -0.2) is 0 Å². The molecule has 1 aromatic carbocycles. The van der Waals surface area contributed by atoms with E-state index in [0.29, 0.717) is 5.92 Å². The highest BCUT2D eigenvalue weighted by Gasteiger charge is 2.10. The lowest BCUT2D eigenvalue weighted by Crippen LogP contribution is -1.86. The van der Waals surface area contributed by atoms with Gasteiger partial charge in [0.2, 0.25) is 0 Å². The number of allylic oxidation sites excluding steroid dienone is 2. The Morgan fingerprint density at radius 3 is 2.59 bits per heavy atom. The van der Waals surface area contributed by atoms with Gasteiger partial charge in [-0.3, -0.25) is 0 Å². The molecule has 1 aromatic heterocycles. The Labute approximate surface area is 150 Å². The van der Waals surface area contributed by atoms with Crippen LogP contribution in [0.15, 0.2) is 34.6 Å². The van der Waals surface area contributed by atoms with Crippen molar-refractivity contribution in [3.63, 3.8) is 0 Å². The Balaban J connectivity index is 2.09. The molecule has 0 aliphatic carbocycles. The van der Waals surface area contributed by atoms with E-state index in [1.807, 2.05) is 31.2 Å². The van der Waals surface area contributed by atoms with Crippen LogP contribution < -0.4 is 4.72 Å². The molecule has 0 aliphatic rings. The summed E-state index contributed by atoms with van der Waals surface area (Å²) < 4.78 is 4.48. The molecule has 1 nitrogen and oxygen atoms in total. The minimum atomic E-state index is 0.518. The first-order valence-corrected chi connectivity index (χ1v) is 9.43. The van der Waals surface area contributed by atoms with Gasteiger partial charge in [-0.15, -0.1) is 11.3 Å². The third-order valence-electron chi connectivity index (χ3n) is 3.03. The van der Waals surface area contributed by atoms with E-state index < -0.39 is 0 Å². The molecular weight excluding hydrogens is 353 g/mol. The molecule has 5 heteroatoms. The molecule has 0 radical (unpaired) electrons. The molecule has 0 spiro atoms. The summed E-state index contributed by atoms with van der Waals surface area (Å²) in [5.41, 5.74) is 3.33. The van der Waals surface area contributed by atoms with Crippen molar-refractivity contribution in [1.29, 1.82) is 0 Å². The quantitative estimate of drug-likeness (QED) is 0.544. The van der Waals surface area contributed by atoms with Gasteiger partial charge in [-0.1, -0.05) is 43.1 Å². The fourth-order valence-electron chi connectivity index (χ4n) is 2.06. The van der Waals surface area contributed by atoms with E-state index in [2.05, 4.69) is 31.6 Å². The fourth-order valence-corrected chi connectivity index (χ4v) is 4.51. The van der Waals surface area contributed by atoms with Crippen LogP contribution in [0.3, 0.4) is 0 Å². The first-order chi connectivity index (χ1) is 10.4. The topological polar surface area (TPSA) is 12.0 Å². The number of anilines is 1. The lowest BCUT2D eigenvalue weighted by atomic mass is 10.1. The first kappa shape index (κ1) is 17.7. The van der Waals surface area contributed by atoms with Crippen molar-refractivity contribution >= 4 is 57.7 Å². The SMILES string of the molecule is C/C(=C\C(C)C)c1sc(SNc2ccc(Cl)c(C)c2)cc1Cl. The van der Waals surface area contributed by atoms with Crippen molar-refractivity contribution in [2.75, 3.05) is 4.72 Å². The van der Waals surface area contributed by atoms with Crippen molar-refractivity contribution in [2.24, 2.45) is 5.92 Å². The number of thiophene rings is 1.